The van der Waals surface area contributed by atoms with E-state index < -0.39 is 21.9 Å². The highest BCUT2D eigenvalue weighted by atomic mass is 35.5. The van der Waals surface area contributed by atoms with Crippen molar-refractivity contribution in [3.63, 3.8) is 0 Å². The van der Waals surface area contributed by atoms with Crippen molar-refractivity contribution in [2.24, 2.45) is 0 Å². The molecule has 0 aliphatic carbocycles. The molecule has 21 heavy (non-hydrogen) atoms. The number of nitrogens with zero attached hydrogens (tertiary/aromatic N) is 2. The SMILES string of the molecule is O=S(=O)(Nc1cnc(C(F)(F)F)cn1)c1cccc(Cl)c1. The molecule has 0 unspecified atom stereocenters. The molecule has 0 fully saturated rings. The Morgan fingerprint density at radius 2 is 1.86 bits per heavy atom. The molecule has 1 aromatic carbocycles. The lowest BCUT2D eigenvalue weighted by atomic mass is 10.4. The zero-order valence-electron chi connectivity index (χ0n) is 10.1. The summed E-state index contributed by atoms with van der Waals surface area (Å²) < 4.78 is 62.9. The van der Waals surface area contributed by atoms with Gasteiger partial charge in [-0.1, -0.05) is 17.7 Å². The van der Waals surface area contributed by atoms with Crippen LogP contribution in [0.4, 0.5) is 19.0 Å². The van der Waals surface area contributed by atoms with Crippen molar-refractivity contribution in [2.45, 2.75) is 11.1 Å². The highest BCUT2D eigenvalue weighted by molar-refractivity contribution is 7.92. The largest absolute Gasteiger partial charge is 0.434 e. The molecule has 112 valence electrons. The second-order valence-corrected chi connectivity index (χ2v) is 5.97. The average molecular weight is 338 g/mol. The van der Waals surface area contributed by atoms with Gasteiger partial charge in [-0.3, -0.25) is 4.72 Å². The average Bonchev–Trinajstić information content (AvgIpc) is 2.38. The molecule has 0 bridgehead atoms. The first-order chi connectivity index (χ1) is 9.68. The van der Waals surface area contributed by atoms with Crippen molar-refractivity contribution in [1.82, 2.24) is 9.97 Å². The Morgan fingerprint density at radius 1 is 1.14 bits per heavy atom. The van der Waals surface area contributed by atoms with Crippen LogP contribution in [0.1, 0.15) is 5.69 Å². The summed E-state index contributed by atoms with van der Waals surface area (Å²) in [7, 11) is -4.00. The summed E-state index contributed by atoms with van der Waals surface area (Å²) in [5, 5.41) is 0.205. The van der Waals surface area contributed by atoms with Gasteiger partial charge in [0, 0.05) is 5.02 Å². The second-order valence-electron chi connectivity index (χ2n) is 3.85. The third-order valence-electron chi connectivity index (χ3n) is 2.29. The maximum atomic E-state index is 12.3. The van der Waals surface area contributed by atoms with Crippen LogP contribution in [0.5, 0.6) is 0 Å². The molecule has 10 heteroatoms. The van der Waals surface area contributed by atoms with Gasteiger partial charge in [0.15, 0.2) is 11.5 Å². The van der Waals surface area contributed by atoms with Gasteiger partial charge in [-0.05, 0) is 18.2 Å². The first-order valence-electron chi connectivity index (χ1n) is 5.36. The molecule has 1 heterocycles. The molecule has 1 N–H and O–H groups in total. The van der Waals surface area contributed by atoms with Gasteiger partial charge in [-0.2, -0.15) is 13.2 Å². The number of alkyl halides is 3. The number of anilines is 1. The Morgan fingerprint density at radius 3 is 2.38 bits per heavy atom. The highest BCUT2D eigenvalue weighted by Crippen LogP contribution is 2.27. The highest BCUT2D eigenvalue weighted by Gasteiger charge is 2.32. The smallest absolute Gasteiger partial charge is 0.262 e. The fourth-order valence-electron chi connectivity index (χ4n) is 1.36. The number of hydrogen-bond acceptors (Lipinski definition) is 4. The lowest BCUT2D eigenvalue weighted by Crippen LogP contribution is -2.15. The monoisotopic (exact) mass is 337 g/mol. The van der Waals surface area contributed by atoms with E-state index in [1.807, 2.05) is 4.72 Å². The quantitative estimate of drug-likeness (QED) is 0.934. The van der Waals surface area contributed by atoms with Gasteiger partial charge in [-0.25, -0.2) is 18.4 Å². The number of hydrogen-bond donors (Lipinski definition) is 1. The molecule has 2 rings (SSSR count). The Labute approximate surface area is 122 Å². The maximum Gasteiger partial charge on any atom is 0.434 e. The third-order valence-corrected chi connectivity index (χ3v) is 3.88. The van der Waals surface area contributed by atoms with Crippen LogP contribution >= 0.6 is 11.6 Å². The van der Waals surface area contributed by atoms with Crippen LogP contribution in [0.3, 0.4) is 0 Å². The third kappa shape index (κ3) is 3.82. The van der Waals surface area contributed by atoms with Gasteiger partial charge in [0.05, 0.1) is 17.3 Å². The standard InChI is InChI=1S/C11H7ClF3N3O2S/c12-7-2-1-3-8(4-7)21(19,20)18-10-6-16-9(5-17-10)11(13,14)15/h1-6H,(H,17,18). The number of benzene rings is 1. The Hall–Kier alpha value is -1.87. The number of aromatic nitrogens is 2. The van der Waals surface area contributed by atoms with Gasteiger partial charge in [0.1, 0.15) is 0 Å². The van der Waals surface area contributed by atoms with E-state index in [0.29, 0.717) is 12.4 Å². The van der Waals surface area contributed by atoms with E-state index in [4.69, 9.17) is 11.6 Å². The zero-order chi connectivity index (χ0) is 15.7. The van der Waals surface area contributed by atoms with E-state index in [1.54, 1.807) is 0 Å². The molecule has 5 nitrogen and oxygen atoms in total. The lowest BCUT2D eigenvalue weighted by Gasteiger charge is -2.08. The predicted octanol–water partition coefficient (Wildman–Crippen LogP) is 2.95. The molecule has 0 saturated heterocycles. The fourth-order valence-corrected chi connectivity index (χ4v) is 2.65. The van der Waals surface area contributed by atoms with Gasteiger partial charge in [-0.15, -0.1) is 0 Å². The summed E-state index contributed by atoms with van der Waals surface area (Å²) in [4.78, 5) is 6.34. The van der Waals surface area contributed by atoms with Crippen LogP contribution < -0.4 is 4.72 Å². The molecule has 0 atom stereocenters. The van der Waals surface area contributed by atoms with Gasteiger partial charge in [0.25, 0.3) is 10.0 Å². The summed E-state index contributed by atoms with van der Waals surface area (Å²) in [5.41, 5.74) is -1.21. The van der Waals surface area contributed by atoms with E-state index in [0.717, 1.165) is 0 Å². The minimum Gasteiger partial charge on any atom is -0.262 e. The number of sulfonamides is 1. The first-order valence-corrected chi connectivity index (χ1v) is 7.22. The molecular formula is C11H7ClF3N3O2S. The molecule has 0 aliphatic rings. The Kier molecular flexibility index (Phi) is 4.06. The Bertz CT molecular complexity index is 748. The Balaban J connectivity index is 2.25. The van der Waals surface area contributed by atoms with Crippen molar-refractivity contribution in [2.75, 3.05) is 4.72 Å². The van der Waals surface area contributed by atoms with E-state index in [2.05, 4.69) is 9.97 Å². The van der Waals surface area contributed by atoms with Crippen LogP contribution in [0, 0.1) is 0 Å². The summed E-state index contributed by atoms with van der Waals surface area (Å²) >= 11 is 5.68. The van der Waals surface area contributed by atoms with Crippen molar-refractivity contribution < 1.29 is 21.6 Å². The molecule has 0 saturated carbocycles. The van der Waals surface area contributed by atoms with Crippen LogP contribution in [0.2, 0.25) is 5.02 Å². The van der Waals surface area contributed by atoms with E-state index in [9.17, 15) is 21.6 Å². The molecule has 1 aromatic heterocycles. The van der Waals surface area contributed by atoms with E-state index in [-0.39, 0.29) is 15.7 Å². The van der Waals surface area contributed by atoms with Crippen LogP contribution in [0.15, 0.2) is 41.6 Å². The second kappa shape index (κ2) is 5.49. The molecule has 0 amide bonds. The lowest BCUT2D eigenvalue weighted by molar-refractivity contribution is -0.141. The molecule has 2 aromatic rings. The number of rotatable bonds is 3. The van der Waals surface area contributed by atoms with E-state index >= 15 is 0 Å². The van der Waals surface area contributed by atoms with Crippen molar-refractivity contribution in [3.05, 3.63) is 47.4 Å². The van der Waals surface area contributed by atoms with Gasteiger partial charge < -0.3 is 0 Å². The zero-order valence-corrected chi connectivity index (χ0v) is 11.7. The van der Waals surface area contributed by atoms with Crippen LogP contribution in [-0.4, -0.2) is 18.4 Å². The summed E-state index contributed by atoms with van der Waals surface area (Å²) in [6, 6.07) is 5.39. The summed E-state index contributed by atoms with van der Waals surface area (Å²) in [6.45, 7) is 0. The van der Waals surface area contributed by atoms with Crippen molar-refractivity contribution >= 4 is 27.4 Å². The summed E-state index contributed by atoms with van der Waals surface area (Å²) in [5.74, 6) is -0.331. The number of nitrogens with one attached hydrogen (secondary N) is 1. The molecule has 0 spiro atoms. The number of halogens is 4. The molecular weight excluding hydrogens is 331 g/mol. The minimum absolute atomic E-state index is 0.142. The normalized spacial score (nSPS) is 12.2. The molecule has 0 aliphatic heterocycles. The fraction of sp³-hybridized carbons (Fsp3) is 0.0909. The summed E-state index contributed by atoms with van der Waals surface area (Å²) in [6.07, 6.45) is -3.52. The van der Waals surface area contributed by atoms with Crippen molar-refractivity contribution in [3.8, 4) is 0 Å². The maximum absolute atomic E-state index is 12.3. The van der Waals surface area contributed by atoms with Crippen molar-refractivity contribution in [1.29, 1.82) is 0 Å². The minimum atomic E-state index is -4.64. The van der Waals surface area contributed by atoms with Crippen LogP contribution in [-0.2, 0) is 16.2 Å². The van der Waals surface area contributed by atoms with Gasteiger partial charge >= 0.3 is 6.18 Å². The van der Waals surface area contributed by atoms with Crippen LogP contribution in [0.25, 0.3) is 0 Å². The first kappa shape index (κ1) is 15.5. The predicted molar refractivity (Wildman–Crippen MR) is 69.3 cm³/mol. The van der Waals surface area contributed by atoms with E-state index in [1.165, 1.54) is 24.3 Å². The topological polar surface area (TPSA) is 72.0 Å². The molecule has 0 radical (unpaired) electrons. The van der Waals surface area contributed by atoms with Gasteiger partial charge in [0.2, 0.25) is 0 Å².